The average molecular weight is 229 g/mol. The Labute approximate surface area is 68.9 Å². The SMILES string of the molecule is Cc1[nH]nc(Br)c1C(F)(F)F. The maximum atomic E-state index is 12.1. The van der Waals surface area contributed by atoms with Crippen molar-refractivity contribution < 1.29 is 13.2 Å². The number of aromatic nitrogens is 2. The molecule has 1 heterocycles. The molecule has 0 amide bonds. The van der Waals surface area contributed by atoms with Crippen molar-refractivity contribution in [1.29, 1.82) is 0 Å². The molecule has 0 unspecified atom stereocenters. The van der Waals surface area contributed by atoms with Gasteiger partial charge >= 0.3 is 6.18 Å². The molecule has 0 aliphatic rings. The van der Waals surface area contributed by atoms with E-state index in [1.807, 2.05) is 0 Å². The van der Waals surface area contributed by atoms with Gasteiger partial charge in [0, 0.05) is 5.69 Å². The first-order valence-corrected chi connectivity index (χ1v) is 3.50. The standard InChI is InChI=1S/C5H4BrF3N2/c1-2-3(5(7,8)9)4(6)11-10-2/h1H3,(H,10,11). The van der Waals surface area contributed by atoms with Crippen molar-refractivity contribution in [3.63, 3.8) is 0 Å². The topological polar surface area (TPSA) is 28.7 Å². The summed E-state index contributed by atoms with van der Waals surface area (Å²) in [7, 11) is 0. The Kier molecular flexibility index (Phi) is 1.96. The lowest BCUT2D eigenvalue weighted by Crippen LogP contribution is -2.06. The number of hydrogen-bond acceptors (Lipinski definition) is 1. The fourth-order valence-electron chi connectivity index (χ4n) is 0.729. The fourth-order valence-corrected chi connectivity index (χ4v) is 1.34. The van der Waals surface area contributed by atoms with Gasteiger partial charge in [-0.3, -0.25) is 5.10 Å². The zero-order valence-corrected chi connectivity index (χ0v) is 7.05. The lowest BCUT2D eigenvalue weighted by atomic mass is 10.3. The highest BCUT2D eigenvalue weighted by Crippen LogP contribution is 2.35. The smallest absolute Gasteiger partial charge is 0.281 e. The quantitative estimate of drug-likeness (QED) is 0.727. The normalized spacial score (nSPS) is 12.1. The van der Waals surface area contributed by atoms with Gasteiger partial charge in [-0.1, -0.05) is 0 Å². The van der Waals surface area contributed by atoms with E-state index in [2.05, 4.69) is 26.1 Å². The molecule has 0 saturated heterocycles. The number of H-pyrrole nitrogens is 1. The lowest BCUT2D eigenvalue weighted by molar-refractivity contribution is -0.138. The Hall–Kier alpha value is -0.520. The summed E-state index contributed by atoms with van der Waals surface area (Å²) in [6, 6.07) is 0. The minimum absolute atomic E-state index is 0.0179. The van der Waals surface area contributed by atoms with E-state index < -0.39 is 11.7 Å². The Morgan fingerprint density at radius 3 is 2.18 bits per heavy atom. The van der Waals surface area contributed by atoms with Gasteiger partial charge in [-0.15, -0.1) is 0 Å². The monoisotopic (exact) mass is 228 g/mol. The molecule has 0 aliphatic carbocycles. The maximum absolute atomic E-state index is 12.1. The Bertz CT molecular complexity index is 246. The Balaban J connectivity index is 3.21. The Morgan fingerprint density at radius 1 is 1.45 bits per heavy atom. The highest BCUT2D eigenvalue weighted by molar-refractivity contribution is 9.10. The van der Waals surface area contributed by atoms with Crippen molar-refractivity contribution in [2.45, 2.75) is 13.1 Å². The molecule has 1 aromatic rings. The molecule has 0 radical (unpaired) electrons. The second-order valence-electron chi connectivity index (χ2n) is 2.01. The number of rotatable bonds is 0. The average Bonchev–Trinajstić information content (AvgIpc) is 2.08. The third-order valence-electron chi connectivity index (χ3n) is 1.19. The number of aryl methyl sites for hydroxylation is 1. The van der Waals surface area contributed by atoms with E-state index in [1.54, 1.807) is 0 Å². The summed E-state index contributed by atoms with van der Waals surface area (Å²) in [5.41, 5.74) is -0.720. The van der Waals surface area contributed by atoms with E-state index in [1.165, 1.54) is 6.92 Å². The van der Waals surface area contributed by atoms with Gasteiger partial charge in [0.1, 0.15) is 10.2 Å². The summed E-state index contributed by atoms with van der Waals surface area (Å²) in [6.45, 7) is 1.32. The van der Waals surface area contributed by atoms with Crippen molar-refractivity contribution >= 4 is 15.9 Å². The molecule has 0 saturated carbocycles. The number of alkyl halides is 3. The lowest BCUT2D eigenvalue weighted by Gasteiger charge is -2.03. The molecule has 11 heavy (non-hydrogen) atoms. The van der Waals surface area contributed by atoms with Crippen LogP contribution in [0.5, 0.6) is 0 Å². The van der Waals surface area contributed by atoms with Gasteiger partial charge in [0.25, 0.3) is 0 Å². The zero-order valence-electron chi connectivity index (χ0n) is 5.46. The third-order valence-corrected chi connectivity index (χ3v) is 1.76. The van der Waals surface area contributed by atoms with Gasteiger partial charge in [0.2, 0.25) is 0 Å². The first-order valence-electron chi connectivity index (χ1n) is 2.70. The van der Waals surface area contributed by atoms with Gasteiger partial charge in [0.15, 0.2) is 0 Å². The van der Waals surface area contributed by atoms with Crippen LogP contribution < -0.4 is 0 Å². The zero-order chi connectivity index (χ0) is 8.65. The molecular formula is C5H4BrF3N2. The van der Waals surface area contributed by atoms with Crippen LogP contribution in [0.25, 0.3) is 0 Å². The predicted molar refractivity (Wildman–Crippen MR) is 36.0 cm³/mol. The number of hydrogen-bond donors (Lipinski definition) is 1. The molecule has 2 nitrogen and oxygen atoms in total. The first kappa shape index (κ1) is 8.58. The van der Waals surface area contributed by atoms with Crippen LogP contribution in [0.2, 0.25) is 0 Å². The van der Waals surface area contributed by atoms with Gasteiger partial charge in [-0.2, -0.15) is 18.3 Å². The summed E-state index contributed by atoms with van der Waals surface area (Å²) in [4.78, 5) is 0. The van der Waals surface area contributed by atoms with Crippen molar-refractivity contribution in [3.05, 3.63) is 15.9 Å². The molecule has 62 valence electrons. The molecule has 0 spiro atoms. The van der Waals surface area contributed by atoms with E-state index >= 15 is 0 Å². The highest BCUT2D eigenvalue weighted by atomic mass is 79.9. The van der Waals surface area contributed by atoms with Gasteiger partial charge in [0.05, 0.1) is 0 Å². The second kappa shape index (κ2) is 2.51. The number of halogens is 4. The summed E-state index contributed by atoms with van der Waals surface area (Å²) in [5, 5.41) is 5.58. The summed E-state index contributed by atoms with van der Waals surface area (Å²) in [5.74, 6) is 0. The molecule has 0 aromatic carbocycles. The van der Waals surface area contributed by atoms with E-state index in [4.69, 9.17) is 0 Å². The predicted octanol–water partition coefficient (Wildman–Crippen LogP) is 2.50. The van der Waals surface area contributed by atoms with Crippen molar-refractivity contribution in [2.75, 3.05) is 0 Å². The molecule has 1 aromatic heterocycles. The number of nitrogens with zero attached hydrogens (tertiary/aromatic N) is 1. The first-order chi connectivity index (χ1) is 4.93. The second-order valence-corrected chi connectivity index (χ2v) is 2.76. The highest BCUT2D eigenvalue weighted by Gasteiger charge is 2.36. The molecule has 1 rings (SSSR count). The summed E-state index contributed by atoms with van der Waals surface area (Å²) < 4.78 is 36.0. The maximum Gasteiger partial charge on any atom is 0.420 e. The van der Waals surface area contributed by atoms with Crippen LogP contribution in [-0.4, -0.2) is 10.2 Å². The van der Waals surface area contributed by atoms with Gasteiger partial charge in [-0.05, 0) is 22.9 Å². The Morgan fingerprint density at radius 2 is 2.00 bits per heavy atom. The van der Waals surface area contributed by atoms with Crippen molar-refractivity contribution in [3.8, 4) is 0 Å². The van der Waals surface area contributed by atoms with Crippen LogP contribution in [0.3, 0.4) is 0 Å². The van der Waals surface area contributed by atoms with Crippen LogP contribution in [0, 0.1) is 6.92 Å². The van der Waals surface area contributed by atoms with E-state index in [0.29, 0.717) is 0 Å². The summed E-state index contributed by atoms with van der Waals surface area (Å²) >= 11 is 2.69. The minimum atomic E-state index is -4.34. The molecular weight excluding hydrogens is 225 g/mol. The molecule has 1 N–H and O–H groups in total. The fraction of sp³-hybridized carbons (Fsp3) is 0.400. The molecule has 6 heteroatoms. The van der Waals surface area contributed by atoms with Crippen molar-refractivity contribution in [1.82, 2.24) is 10.2 Å². The third kappa shape index (κ3) is 1.55. The van der Waals surface area contributed by atoms with Crippen LogP contribution in [-0.2, 0) is 6.18 Å². The van der Waals surface area contributed by atoms with Gasteiger partial charge < -0.3 is 0 Å². The molecule has 0 bridgehead atoms. The van der Waals surface area contributed by atoms with Gasteiger partial charge in [-0.25, -0.2) is 0 Å². The number of nitrogens with one attached hydrogen (secondary N) is 1. The molecule has 0 aliphatic heterocycles. The van der Waals surface area contributed by atoms with Crippen molar-refractivity contribution in [2.24, 2.45) is 0 Å². The van der Waals surface area contributed by atoms with E-state index in [9.17, 15) is 13.2 Å². The van der Waals surface area contributed by atoms with Crippen LogP contribution >= 0.6 is 15.9 Å². The molecule has 0 atom stereocenters. The largest absolute Gasteiger partial charge is 0.420 e. The van der Waals surface area contributed by atoms with E-state index in [-0.39, 0.29) is 10.3 Å². The summed E-state index contributed by atoms with van der Waals surface area (Å²) in [6.07, 6.45) is -4.34. The van der Waals surface area contributed by atoms with E-state index in [0.717, 1.165) is 0 Å². The van der Waals surface area contributed by atoms with Crippen LogP contribution in [0.4, 0.5) is 13.2 Å². The van der Waals surface area contributed by atoms with Crippen LogP contribution in [0.15, 0.2) is 4.60 Å². The number of aromatic amines is 1. The van der Waals surface area contributed by atoms with Crippen LogP contribution in [0.1, 0.15) is 11.3 Å². The molecule has 0 fully saturated rings. The minimum Gasteiger partial charge on any atom is -0.281 e.